The summed E-state index contributed by atoms with van der Waals surface area (Å²) in [6.07, 6.45) is -3.71. The molecule has 0 unspecified atom stereocenters. The molecule has 1 aliphatic carbocycles. The van der Waals surface area contributed by atoms with Crippen molar-refractivity contribution in [3.8, 4) is 11.8 Å². The smallest absolute Gasteiger partial charge is 0.416 e. The number of hydrogen-bond donors (Lipinski definition) is 1. The van der Waals surface area contributed by atoms with Crippen LogP contribution in [0.15, 0.2) is 63.6 Å². The largest absolute Gasteiger partial charge is 0.486 e. The van der Waals surface area contributed by atoms with Gasteiger partial charge in [-0.05, 0) is 35.7 Å². The summed E-state index contributed by atoms with van der Waals surface area (Å²) in [4.78, 5) is 13.0. The highest BCUT2D eigenvalue weighted by atomic mass is 19.4. The number of Topliss-reactive ketones (excluding diaryl/α,β-unsaturated/α-hetero) is 1. The second-order valence-corrected chi connectivity index (χ2v) is 8.82. The number of nitrogens with two attached hydrogens (primary N) is 1. The molecule has 2 heterocycles. The summed E-state index contributed by atoms with van der Waals surface area (Å²) in [6, 6.07) is 9.72. The average Bonchev–Trinajstić information content (AvgIpc) is 3.18. The quantitative estimate of drug-likeness (QED) is 0.665. The molecule has 0 amide bonds. The van der Waals surface area contributed by atoms with Gasteiger partial charge in [0.1, 0.15) is 41.3 Å². The van der Waals surface area contributed by atoms with E-state index < -0.39 is 17.7 Å². The fraction of sp³-hybridized carbons (Fsp3) is 0.333. The van der Waals surface area contributed by atoms with Crippen molar-refractivity contribution >= 4 is 5.78 Å². The third-order valence-electron chi connectivity index (χ3n) is 5.58. The van der Waals surface area contributed by atoms with Crippen LogP contribution in [-0.2, 0) is 22.3 Å². The summed E-state index contributed by atoms with van der Waals surface area (Å²) < 4.78 is 55.6. The summed E-state index contributed by atoms with van der Waals surface area (Å²) in [5, 5.41) is 9.66. The number of nitrogens with zero attached hydrogens (tertiary/aromatic N) is 1. The van der Waals surface area contributed by atoms with Crippen LogP contribution in [-0.4, -0.2) is 5.78 Å². The predicted molar refractivity (Wildman–Crippen MR) is 110 cm³/mol. The van der Waals surface area contributed by atoms with E-state index in [0.29, 0.717) is 29.3 Å². The van der Waals surface area contributed by atoms with E-state index in [0.717, 1.165) is 12.1 Å². The van der Waals surface area contributed by atoms with Crippen LogP contribution >= 0.6 is 0 Å². The molecule has 0 saturated heterocycles. The zero-order chi connectivity index (χ0) is 24.0. The minimum Gasteiger partial charge on any atom is -0.486 e. The van der Waals surface area contributed by atoms with E-state index in [-0.39, 0.29) is 41.4 Å². The van der Waals surface area contributed by atoms with Gasteiger partial charge < -0.3 is 19.6 Å². The number of allylic oxidation sites excluding steroid dienone is 3. The Balaban J connectivity index is 1.60. The molecule has 0 bridgehead atoms. The number of ketones is 1. The van der Waals surface area contributed by atoms with Crippen LogP contribution in [0, 0.1) is 16.7 Å². The van der Waals surface area contributed by atoms with E-state index in [1.54, 1.807) is 12.1 Å². The van der Waals surface area contributed by atoms with E-state index in [1.807, 2.05) is 19.9 Å². The topological polar surface area (TPSA) is 98.5 Å². The average molecular weight is 458 g/mol. The SMILES string of the molecule is CC1(C)CC(=O)C2=C(C1)OC(N)=C(C#N)[C@H]2c1ccc(COc2cccc(C(F)(F)F)c2)o1. The Bertz CT molecular complexity index is 1210. The van der Waals surface area contributed by atoms with Gasteiger partial charge in [-0.15, -0.1) is 0 Å². The number of alkyl halides is 3. The summed E-state index contributed by atoms with van der Waals surface area (Å²) in [7, 11) is 0. The Kier molecular flexibility index (Phi) is 5.48. The Morgan fingerprint density at radius 1 is 1.24 bits per heavy atom. The summed E-state index contributed by atoms with van der Waals surface area (Å²) in [5.74, 6) is 0.0389. The molecule has 6 nitrogen and oxygen atoms in total. The number of halogens is 3. The number of ether oxygens (including phenoxy) is 2. The monoisotopic (exact) mass is 458 g/mol. The van der Waals surface area contributed by atoms with Gasteiger partial charge >= 0.3 is 6.18 Å². The first kappa shape index (κ1) is 22.5. The Morgan fingerprint density at radius 2 is 2.00 bits per heavy atom. The van der Waals surface area contributed by atoms with Gasteiger partial charge in [-0.1, -0.05) is 19.9 Å². The highest BCUT2D eigenvalue weighted by Crippen LogP contribution is 2.48. The van der Waals surface area contributed by atoms with Gasteiger partial charge in [-0.25, -0.2) is 0 Å². The number of carbonyl (C=O) groups is 1. The summed E-state index contributed by atoms with van der Waals surface area (Å²) in [6.45, 7) is 3.75. The molecule has 0 spiro atoms. The van der Waals surface area contributed by atoms with E-state index in [2.05, 4.69) is 0 Å². The first-order chi connectivity index (χ1) is 15.5. The summed E-state index contributed by atoms with van der Waals surface area (Å²) >= 11 is 0. The van der Waals surface area contributed by atoms with Crippen molar-refractivity contribution in [1.82, 2.24) is 0 Å². The molecule has 0 saturated carbocycles. The van der Waals surface area contributed by atoms with Crippen molar-refractivity contribution in [2.75, 3.05) is 0 Å². The van der Waals surface area contributed by atoms with Gasteiger partial charge in [-0.2, -0.15) is 18.4 Å². The molecular formula is C24H21F3N2O4. The fourth-order valence-electron chi connectivity index (χ4n) is 4.11. The van der Waals surface area contributed by atoms with Crippen LogP contribution in [0.5, 0.6) is 5.75 Å². The Morgan fingerprint density at radius 3 is 2.70 bits per heavy atom. The molecule has 2 N–H and O–H groups in total. The number of hydrogen-bond acceptors (Lipinski definition) is 6. The second kappa shape index (κ2) is 8.03. The van der Waals surface area contributed by atoms with Crippen LogP contribution in [0.25, 0.3) is 0 Å². The molecule has 33 heavy (non-hydrogen) atoms. The first-order valence-corrected chi connectivity index (χ1v) is 10.2. The molecule has 4 rings (SSSR count). The van der Waals surface area contributed by atoms with Gasteiger partial charge in [0, 0.05) is 18.4 Å². The molecule has 1 aromatic heterocycles. The number of furan rings is 1. The Hall–Kier alpha value is -3.67. The number of rotatable bonds is 4. The zero-order valence-corrected chi connectivity index (χ0v) is 18.0. The molecule has 1 aromatic carbocycles. The van der Waals surface area contributed by atoms with Gasteiger partial charge in [0.05, 0.1) is 11.5 Å². The lowest BCUT2D eigenvalue weighted by molar-refractivity contribution is -0.137. The normalized spacial score (nSPS) is 20.2. The van der Waals surface area contributed by atoms with E-state index in [4.69, 9.17) is 19.6 Å². The molecule has 172 valence electrons. The molecule has 9 heteroatoms. The van der Waals surface area contributed by atoms with Crippen molar-refractivity contribution in [2.24, 2.45) is 11.1 Å². The van der Waals surface area contributed by atoms with E-state index >= 15 is 0 Å². The summed E-state index contributed by atoms with van der Waals surface area (Å²) in [5.41, 5.74) is 5.27. The van der Waals surface area contributed by atoms with Crippen molar-refractivity contribution in [3.63, 3.8) is 0 Å². The van der Waals surface area contributed by atoms with E-state index in [9.17, 15) is 23.2 Å². The van der Waals surface area contributed by atoms with Gasteiger partial charge in [-0.3, -0.25) is 4.79 Å². The standard InChI is InChI=1S/C24H21F3N2O4/c1-23(2)9-17(30)21-19(10-23)33-22(29)16(11-28)20(21)18-7-6-15(32-18)12-31-14-5-3-4-13(8-14)24(25,26)27/h3-8,20H,9-10,12,29H2,1-2H3/t20-/m0/s1. The minimum absolute atomic E-state index is 0.0328. The molecular weight excluding hydrogens is 437 g/mol. The molecule has 1 aliphatic heterocycles. The number of nitriles is 1. The highest BCUT2D eigenvalue weighted by Gasteiger charge is 2.44. The highest BCUT2D eigenvalue weighted by molar-refractivity contribution is 5.99. The minimum atomic E-state index is -4.48. The van der Waals surface area contributed by atoms with Crippen molar-refractivity contribution in [1.29, 1.82) is 5.26 Å². The molecule has 0 radical (unpaired) electrons. The third kappa shape index (κ3) is 4.46. The maximum atomic E-state index is 13.0. The molecule has 2 aromatic rings. The number of benzene rings is 1. The second-order valence-electron chi connectivity index (χ2n) is 8.82. The van der Waals surface area contributed by atoms with Gasteiger partial charge in [0.2, 0.25) is 5.88 Å². The van der Waals surface area contributed by atoms with Crippen LogP contribution in [0.3, 0.4) is 0 Å². The Labute approximate surface area is 188 Å². The maximum absolute atomic E-state index is 13.0. The maximum Gasteiger partial charge on any atom is 0.416 e. The lowest BCUT2D eigenvalue weighted by atomic mass is 9.71. The first-order valence-electron chi connectivity index (χ1n) is 10.2. The molecule has 1 atom stereocenters. The lowest BCUT2D eigenvalue weighted by Crippen LogP contribution is -2.33. The lowest BCUT2D eigenvalue weighted by Gasteiger charge is -2.36. The molecule has 2 aliphatic rings. The molecule has 0 fully saturated rings. The van der Waals surface area contributed by atoms with Crippen LogP contribution in [0.1, 0.15) is 49.7 Å². The van der Waals surface area contributed by atoms with Crippen molar-refractivity contribution in [2.45, 2.75) is 45.4 Å². The fourth-order valence-corrected chi connectivity index (χ4v) is 4.11. The third-order valence-corrected chi connectivity index (χ3v) is 5.58. The van der Waals surface area contributed by atoms with Gasteiger partial charge in [0.25, 0.3) is 0 Å². The van der Waals surface area contributed by atoms with Crippen LogP contribution < -0.4 is 10.5 Å². The van der Waals surface area contributed by atoms with E-state index in [1.165, 1.54) is 12.1 Å². The van der Waals surface area contributed by atoms with Crippen LogP contribution in [0.2, 0.25) is 0 Å². The van der Waals surface area contributed by atoms with Crippen LogP contribution in [0.4, 0.5) is 13.2 Å². The predicted octanol–water partition coefficient (Wildman–Crippen LogP) is 5.33. The van der Waals surface area contributed by atoms with Gasteiger partial charge in [0.15, 0.2) is 5.78 Å². The van der Waals surface area contributed by atoms with Crippen molar-refractivity contribution in [3.05, 3.63) is 76.3 Å². The number of carbonyl (C=O) groups excluding carboxylic acids is 1. The van der Waals surface area contributed by atoms with Crippen molar-refractivity contribution < 1.29 is 31.9 Å². The zero-order valence-electron chi connectivity index (χ0n) is 18.0.